The van der Waals surface area contributed by atoms with Gasteiger partial charge in [-0.25, -0.2) is 17.9 Å². The number of fused-ring (bicyclic) bond motifs is 15. The first-order chi connectivity index (χ1) is 60.3. The fraction of sp³-hybridized carbons (Fsp3) is 0.841. The Labute approximate surface area is 759 Å². The van der Waals surface area contributed by atoms with E-state index in [0.29, 0.717) is 6.42 Å². The summed E-state index contributed by atoms with van der Waals surface area (Å²) in [5.41, 5.74) is 10.9. The summed E-state index contributed by atoms with van der Waals surface area (Å²) >= 11 is 14.9. The number of hydrogen-bond donors (Lipinski definition) is 21. The number of amides is 7. The first-order valence-corrected chi connectivity index (χ1v) is 49.2. The summed E-state index contributed by atoms with van der Waals surface area (Å²) in [6, 6.07) is -10.5. The molecule has 127 heavy (non-hydrogen) atoms. The molecule has 11 aliphatic rings. The van der Waals surface area contributed by atoms with Crippen molar-refractivity contribution in [2.75, 3.05) is 39.0 Å². The van der Waals surface area contributed by atoms with Gasteiger partial charge < -0.3 is 129 Å². The van der Waals surface area contributed by atoms with Gasteiger partial charge >= 0.3 is 5.97 Å². The van der Waals surface area contributed by atoms with E-state index >= 15 is 24.0 Å². The molecule has 4 unspecified atom stereocenters. The van der Waals surface area contributed by atoms with Crippen molar-refractivity contribution in [1.29, 1.82) is 0 Å². The van der Waals surface area contributed by atoms with E-state index in [1.54, 1.807) is 13.8 Å². The smallest absolute Gasteiger partial charge is 0.326 e. The third-order valence-electron chi connectivity index (χ3n) is 26.2. The Kier molecular flexibility index (Phi) is 45.1. The zero-order valence-electron chi connectivity index (χ0n) is 76.6. The van der Waals surface area contributed by atoms with Gasteiger partial charge in [-0.3, -0.25) is 33.6 Å². The van der Waals surface area contributed by atoms with E-state index < -0.39 is 268 Å². The minimum Gasteiger partial charge on any atom is -0.485 e. The number of primary amides is 1. The minimum absolute atomic E-state index is 0.0186. The van der Waals surface area contributed by atoms with Crippen molar-refractivity contribution in [3.63, 3.8) is 0 Å². The van der Waals surface area contributed by atoms with Crippen molar-refractivity contribution in [2.24, 2.45) is 64.7 Å². The minimum atomic E-state index is -3.69. The summed E-state index contributed by atoms with van der Waals surface area (Å²) in [4.78, 5) is 120. The highest BCUT2D eigenvalue weighted by Crippen LogP contribution is 2.51. The van der Waals surface area contributed by atoms with Crippen LogP contribution >= 0.6 is 23.2 Å². The number of aliphatic hydroxyl groups excluding tert-OH is 9. The molecular weight excluding hydrogens is 1710 g/mol. The number of carbonyl (C=O) groups is 8. The van der Waals surface area contributed by atoms with E-state index in [-0.39, 0.29) is 131 Å². The number of benzene rings is 1. The molecule has 39 heteroatoms. The molecule has 5 saturated carbocycles. The number of unbranched alkanes of at least 4 members (excludes halogenated alkanes) is 7. The summed E-state index contributed by atoms with van der Waals surface area (Å²) in [5, 5.41) is 139. The Morgan fingerprint density at radius 1 is 0.661 bits per heavy atom. The maximum Gasteiger partial charge on any atom is 0.326 e. The van der Waals surface area contributed by atoms with Crippen LogP contribution in [0.25, 0.3) is 0 Å². The fourth-order valence-electron chi connectivity index (χ4n) is 19.5. The zero-order chi connectivity index (χ0) is 94.8. The van der Waals surface area contributed by atoms with Crippen LogP contribution in [0.15, 0.2) is 12.1 Å². The third kappa shape index (κ3) is 29.2. The lowest BCUT2D eigenvalue weighted by molar-refractivity contribution is -0.286. The lowest BCUT2D eigenvalue weighted by atomic mass is 9.58. The van der Waals surface area contributed by atoms with Crippen molar-refractivity contribution in [2.45, 2.75) is 375 Å². The molecule has 11 bridgehead atoms. The molecule has 5 aliphatic carbocycles. The molecule has 32 atom stereocenters. The van der Waals surface area contributed by atoms with Crippen LogP contribution in [0.2, 0.25) is 0 Å². The number of carbonyl (C=O) groups excluding carboxylic acids is 7. The van der Waals surface area contributed by atoms with Gasteiger partial charge in [-0.05, 0) is 163 Å². The first-order valence-electron chi connectivity index (χ1n) is 46.6. The lowest BCUT2D eigenvalue weighted by Gasteiger charge is -2.51. The Balaban J connectivity index is 0.00000302. The third-order valence-corrected chi connectivity index (χ3v) is 28.6. The van der Waals surface area contributed by atoms with Crippen molar-refractivity contribution in [3.8, 4) is 17.2 Å². The molecule has 1 aromatic rings. The molecule has 12 rings (SSSR count). The van der Waals surface area contributed by atoms with Gasteiger partial charge in [0.25, 0.3) is 0 Å². The predicted octanol–water partition coefficient (Wildman–Crippen LogP) is 2.52. The molecule has 6 aliphatic heterocycles. The molecule has 2 saturated heterocycles. The largest absolute Gasteiger partial charge is 0.485 e. The van der Waals surface area contributed by atoms with Gasteiger partial charge in [0.1, 0.15) is 66.8 Å². The molecule has 0 radical (unpaired) electrons. The number of aliphatic hydroxyl groups is 9. The summed E-state index contributed by atoms with van der Waals surface area (Å²) in [6.07, 6.45) is -15.5. The molecule has 0 spiro atoms. The second kappa shape index (κ2) is 52.1. The van der Waals surface area contributed by atoms with E-state index in [9.17, 15) is 73.9 Å². The highest BCUT2D eigenvalue weighted by Gasteiger charge is 2.57. The maximum atomic E-state index is 16.5. The van der Waals surface area contributed by atoms with E-state index in [1.165, 1.54) is 19.2 Å². The molecule has 6 heterocycles. The predicted molar refractivity (Wildman–Crippen MR) is 476 cm³/mol. The maximum absolute atomic E-state index is 16.5. The summed E-state index contributed by atoms with van der Waals surface area (Å²) in [7, 11) is -2.17. The van der Waals surface area contributed by atoms with Crippen molar-refractivity contribution < 1.29 is 122 Å². The zero-order valence-corrected chi connectivity index (χ0v) is 79.0. The number of carboxylic acids is 1. The van der Waals surface area contributed by atoms with Crippen LogP contribution in [-0.2, 0) is 57.9 Å². The quantitative estimate of drug-likeness (QED) is 0.0423. The highest BCUT2D eigenvalue weighted by molar-refractivity contribution is 7.89. The van der Waals surface area contributed by atoms with Crippen molar-refractivity contribution >= 4 is 80.5 Å². The SMILES string of the molecule is CC.CC.CC.CC.CCCCCCCCCCS(=O)(=O)NCCNCC1[C@H](O)C2C3C[C@H](CC[C@H]3O)[C@H]3NC(=O)[C@@H]4NC(=O)[C@H](CC(N)=O)NC(=O)[C@H](NC(=O)[C@@H](CC(C)C)NC)[C@H](O)[C@H]5CC[C@@H](Oc6cc4cc(c6O[C@@H]4C[C@H](CO)[C@@H](O)[C@H](O)[C@H]4O[C@H]4C[C@](C)(N)[C@H](O)[C@H](C)O4)O[C@@H]4CC[C@@H](C[C@@H]4Cl)[C@@H](O)[C@H](NC3=O)C(=O)N[C@H](C(=O)O)C2C[C@@H]1O)[C@H](Cl)C5. The number of aliphatic carboxylic acids is 1. The summed E-state index contributed by atoms with van der Waals surface area (Å²) in [5.74, 6) is -20.2. The topological polar surface area (TPSA) is 579 Å². The number of alkyl halides is 2. The van der Waals surface area contributed by atoms with E-state index in [0.717, 1.165) is 44.9 Å². The number of carboxylic acid groups (broad SMARTS) is 1. The van der Waals surface area contributed by atoms with Crippen LogP contribution < -0.4 is 72.9 Å². The standard InChI is InChI=1S/C80H129Cl2N11O25S.4C2H6/c1-7-8-9-10-11-12-13-14-23-119(112,113)87-22-21-86-34-45-51(96)31-44-59(68(45)101)43-25-38(15-18-50(43)95)60-75(106)93-64(78(109)91-62(44)79(110)111)66(99)40-17-20-53(47(82)27-40)116-55-29-41-28-54(70(55)117-56-30-42(35-94)67(100)69(102)71(56)118-58-33-80(5,84)72(103)37(4)114-58)115-52-19-16-39(26-46(52)81)65(98)63(92-73(104)48(85-6)24-36(2)3)77(108)88-49(32-57(83)97)74(105)89-61(41)76(107)90-60;4*1-2/h28-29,36-40,42-53,56,58-69,71-72,85-87,94-96,98-103H,7-27,30-35,84H2,1-6H3,(H2,83,97)(H,88,108)(H,89,105)(H,90,107)(H,91,109)(H,92,104)(H,93,106)(H,110,111);4*1-2H3/t37-,38-,39-,40-,42+,43?,44?,45?,46+,47-,48+,49-,50+,51-,52+,53+,56+,58-,59?,60+,61+,62-,63+,64-,65+,66+,67+,68-,69-,71-,72+,80-;;;;/m0..../s1. The molecule has 23 N–H and O–H groups in total. The fourth-order valence-corrected chi connectivity index (χ4v) is 21.5. The first kappa shape index (κ1) is 110. The Hall–Kier alpha value is -5.69. The van der Waals surface area contributed by atoms with Gasteiger partial charge in [0, 0.05) is 50.0 Å². The Bertz CT molecular complexity index is 3750. The summed E-state index contributed by atoms with van der Waals surface area (Å²) in [6.45, 7) is 24.1. The lowest BCUT2D eigenvalue weighted by Crippen LogP contribution is -2.66. The Morgan fingerprint density at radius 3 is 1.80 bits per heavy atom. The second-order valence-electron chi connectivity index (χ2n) is 35.5. The van der Waals surface area contributed by atoms with Gasteiger partial charge in [-0.2, -0.15) is 0 Å². The van der Waals surface area contributed by atoms with E-state index in [4.69, 9.17) is 58.4 Å². The van der Waals surface area contributed by atoms with Crippen molar-refractivity contribution in [1.82, 2.24) is 47.3 Å². The van der Waals surface area contributed by atoms with E-state index in [1.807, 2.05) is 69.2 Å². The number of likely N-dealkylation sites (N-methyl/N-ethyl adjacent to an activating group) is 1. The van der Waals surface area contributed by atoms with Gasteiger partial charge in [-0.15, -0.1) is 23.2 Å². The number of hydrogen-bond acceptors (Lipinski definition) is 27. The number of nitrogens with two attached hydrogens (primary N) is 2. The molecule has 0 aromatic heterocycles. The van der Waals surface area contributed by atoms with Crippen molar-refractivity contribution in [3.05, 3.63) is 17.7 Å². The molecule has 730 valence electrons. The molecular formula is C88H153Cl2N11O25S. The van der Waals surface area contributed by atoms with Gasteiger partial charge in [-0.1, -0.05) is 121 Å². The number of sulfonamides is 1. The van der Waals surface area contributed by atoms with Crippen LogP contribution in [0, 0.1) is 53.3 Å². The van der Waals surface area contributed by atoms with Crippen LogP contribution in [-0.4, -0.2) is 284 Å². The van der Waals surface area contributed by atoms with Crippen LogP contribution in [0.4, 0.5) is 0 Å². The summed E-state index contributed by atoms with van der Waals surface area (Å²) < 4.78 is 62.6. The number of rotatable bonds is 28. The number of nitrogens with one attached hydrogen (secondary N) is 9. The normalized spacial score (nSPS) is 36.6. The van der Waals surface area contributed by atoms with Crippen LogP contribution in [0.5, 0.6) is 17.2 Å². The average Bonchev–Trinajstić information content (AvgIpc) is 0.756. The van der Waals surface area contributed by atoms with Gasteiger partial charge in [0.15, 0.2) is 17.8 Å². The van der Waals surface area contributed by atoms with Gasteiger partial charge in [0.2, 0.25) is 57.1 Å². The van der Waals surface area contributed by atoms with E-state index in [2.05, 4.69) is 54.2 Å². The van der Waals surface area contributed by atoms with Gasteiger partial charge in [0.05, 0.1) is 77.8 Å². The molecule has 7 fully saturated rings. The number of ether oxygens (including phenoxy) is 5. The second-order valence-corrected chi connectivity index (χ2v) is 38.5. The highest BCUT2D eigenvalue weighted by atomic mass is 35.5. The number of halogens is 2. The average molecular weight is 1870 g/mol. The van der Waals surface area contributed by atoms with Crippen LogP contribution in [0.3, 0.4) is 0 Å². The monoisotopic (exact) mass is 1870 g/mol. The molecule has 7 amide bonds. The molecule has 36 nitrogen and oxygen atoms in total. The Morgan fingerprint density at radius 2 is 1.24 bits per heavy atom. The molecule has 1 aromatic carbocycles. The van der Waals surface area contributed by atoms with Crippen LogP contribution in [0.1, 0.15) is 243 Å².